The molecule has 15 heavy (non-hydrogen) atoms. The fraction of sp³-hybridized carbons (Fsp3) is 0.385. The number of benzene rings is 1. The van der Waals surface area contributed by atoms with Gasteiger partial charge in [-0.1, -0.05) is 42.8 Å². The average Bonchev–Trinajstić information content (AvgIpc) is 2.89. The smallest absolute Gasteiger partial charge is 0.140 e. The third-order valence-electron chi connectivity index (χ3n) is 4.10. The zero-order chi connectivity index (χ0) is 10.7. The van der Waals surface area contributed by atoms with Gasteiger partial charge in [-0.3, -0.25) is 0 Å². The van der Waals surface area contributed by atoms with Crippen molar-refractivity contribution in [3.63, 3.8) is 0 Å². The van der Waals surface area contributed by atoms with Crippen LogP contribution in [0, 0.1) is 5.41 Å². The fourth-order valence-corrected chi connectivity index (χ4v) is 6.66. The zero-order valence-electron chi connectivity index (χ0n) is 9.10. The molecule has 0 unspecified atom stereocenters. The molecular weight excluding hydrogens is 203 g/mol. The lowest BCUT2D eigenvalue weighted by atomic mass is 10.0. The molecule has 3 atom stereocenters. The predicted octanol–water partition coefficient (Wildman–Crippen LogP) is 3.37. The first-order valence-electron chi connectivity index (χ1n) is 5.42. The highest BCUT2D eigenvalue weighted by atomic mass is 31.2. The topological polar surface area (TPSA) is 17.1 Å². The third-order valence-corrected chi connectivity index (χ3v) is 7.66. The zero-order valence-corrected chi connectivity index (χ0v) is 10.00. The van der Waals surface area contributed by atoms with Crippen LogP contribution in [0.5, 0.6) is 0 Å². The Kier molecular flexibility index (Phi) is 1.66. The molecule has 0 spiro atoms. The third kappa shape index (κ3) is 1.08. The molecule has 0 bridgehead atoms. The fourth-order valence-electron chi connectivity index (χ4n) is 2.77. The maximum Gasteiger partial charge on any atom is 0.140 e. The van der Waals surface area contributed by atoms with Gasteiger partial charge in [0.05, 0.1) is 0 Å². The molecule has 0 amide bonds. The van der Waals surface area contributed by atoms with Gasteiger partial charge in [-0.05, 0) is 24.6 Å². The van der Waals surface area contributed by atoms with E-state index in [0.717, 1.165) is 11.7 Å². The van der Waals surface area contributed by atoms with Gasteiger partial charge in [-0.25, -0.2) is 0 Å². The summed E-state index contributed by atoms with van der Waals surface area (Å²) in [4.78, 5) is 0. The number of rotatable bonds is 1. The van der Waals surface area contributed by atoms with Gasteiger partial charge in [0.1, 0.15) is 7.14 Å². The van der Waals surface area contributed by atoms with Crippen molar-refractivity contribution in [2.24, 2.45) is 5.41 Å². The van der Waals surface area contributed by atoms with Crippen molar-refractivity contribution in [3.8, 4) is 0 Å². The highest BCUT2D eigenvalue weighted by Gasteiger charge is 2.64. The maximum atomic E-state index is 12.9. The first kappa shape index (κ1) is 9.42. The minimum absolute atomic E-state index is 0.255. The summed E-state index contributed by atoms with van der Waals surface area (Å²) in [5.74, 6) is 2.05. The van der Waals surface area contributed by atoms with E-state index < -0.39 is 7.14 Å². The van der Waals surface area contributed by atoms with Gasteiger partial charge < -0.3 is 4.57 Å². The number of hydrogen-bond donors (Lipinski definition) is 0. The molecule has 0 N–H and O–H groups in total. The molecule has 1 aromatic rings. The van der Waals surface area contributed by atoms with Gasteiger partial charge in [0.2, 0.25) is 0 Å². The summed E-state index contributed by atoms with van der Waals surface area (Å²) in [6.07, 6.45) is 1.11. The Morgan fingerprint density at radius 2 is 2.00 bits per heavy atom. The first-order chi connectivity index (χ1) is 7.07. The van der Waals surface area contributed by atoms with Crippen LogP contribution < -0.4 is 5.30 Å². The van der Waals surface area contributed by atoms with Crippen LogP contribution in [0.25, 0.3) is 0 Å². The van der Waals surface area contributed by atoms with Crippen molar-refractivity contribution in [1.82, 2.24) is 0 Å². The molecule has 78 valence electrons. The minimum Gasteiger partial charge on any atom is -0.314 e. The van der Waals surface area contributed by atoms with E-state index in [9.17, 15) is 4.57 Å². The first-order valence-corrected chi connectivity index (χ1v) is 7.27. The van der Waals surface area contributed by atoms with Crippen LogP contribution >= 0.6 is 7.14 Å². The molecule has 1 fully saturated rings. The Balaban J connectivity index is 2.13. The second-order valence-corrected chi connectivity index (χ2v) is 7.81. The van der Waals surface area contributed by atoms with E-state index in [2.05, 4.69) is 19.7 Å². The van der Waals surface area contributed by atoms with E-state index >= 15 is 0 Å². The summed E-state index contributed by atoms with van der Waals surface area (Å²) in [6.45, 7) is 4.37. The van der Waals surface area contributed by atoms with Gasteiger partial charge in [0, 0.05) is 11.0 Å². The quantitative estimate of drug-likeness (QED) is 0.660. The van der Waals surface area contributed by atoms with E-state index in [-0.39, 0.29) is 5.41 Å². The Bertz CT molecular complexity index is 489. The maximum absolute atomic E-state index is 12.9. The van der Waals surface area contributed by atoms with Gasteiger partial charge >= 0.3 is 0 Å². The van der Waals surface area contributed by atoms with Crippen LogP contribution in [0.1, 0.15) is 20.3 Å². The minimum atomic E-state index is -2.22. The predicted molar refractivity (Wildman–Crippen MR) is 64.0 cm³/mol. The van der Waals surface area contributed by atoms with Gasteiger partial charge in [0.25, 0.3) is 0 Å². The number of fused-ring (bicyclic) bond motifs is 1. The SMILES string of the molecule is CC1=C[P@@](=O)(c2ccccc2)[C@@H]2C[C@]12C. The normalized spacial score (nSPS) is 42.3. The second kappa shape index (κ2) is 2.65. The molecule has 2 heteroatoms. The molecule has 1 nitrogen and oxygen atoms in total. The molecular formula is C13H15OP. The lowest BCUT2D eigenvalue weighted by Gasteiger charge is -2.11. The molecule has 0 aromatic heterocycles. The average molecular weight is 218 g/mol. The lowest BCUT2D eigenvalue weighted by molar-refractivity contribution is 0.584. The molecule has 1 aliphatic heterocycles. The highest BCUT2D eigenvalue weighted by molar-refractivity contribution is 7.76. The van der Waals surface area contributed by atoms with E-state index in [1.807, 2.05) is 30.3 Å². The molecule has 0 radical (unpaired) electrons. The molecule has 1 heterocycles. The van der Waals surface area contributed by atoms with Crippen LogP contribution in [0.2, 0.25) is 0 Å². The standard InChI is InChI=1S/C13H15OP/c1-10-9-15(14,12-8-13(10,12)2)11-6-4-3-5-7-11/h3-7,9,12H,8H2,1-2H3/t12-,13-,15-/m1/s1. The van der Waals surface area contributed by atoms with Crippen LogP contribution in [0.4, 0.5) is 0 Å². The lowest BCUT2D eigenvalue weighted by Crippen LogP contribution is -2.05. The Hall–Kier alpha value is -0.810. The van der Waals surface area contributed by atoms with Crippen molar-refractivity contribution in [3.05, 3.63) is 41.7 Å². The van der Waals surface area contributed by atoms with Gasteiger partial charge in [-0.2, -0.15) is 0 Å². The summed E-state index contributed by atoms with van der Waals surface area (Å²) in [6, 6.07) is 9.96. The van der Waals surface area contributed by atoms with Gasteiger partial charge in [-0.15, -0.1) is 0 Å². The summed E-state index contributed by atoms with van der Waals surface area (Å²) < 4.78 is 12.9. The highest BCUT2D eigenvalue weighted by Crippen LogP contribution is 2.77. The van der Waals surface area contributed by atoms with Crippen LogP contribution in [0.3, 0.4) is 0 Å². The molecule has 2 aliphatic rings. The van der Waals surface area contributed by atoms with E-state index in [4.69, 9.17) is 0 Å². The Morgan fingerprint density at radius 3 is 2.47 bits per heavy atom. The monoisotopic (exact) mass is 218 g/mol. The van der Waals surface area contributed by atoms with Crippen molar-refractivity contribution in [1.29, 1.82) is 0 Å². The summed E-state index contributed by atoms with van der Waals surface area (Å²) in [5, 5.41) is 1.04. The molecule has 1 saturated carbocycles. The second-order valence-electron chi connectivity index (χ2n) is 4.99. The van der Waals surface area contributed by atoms with Crippen LogP contribution in [-0.2, 0) is 4.57 Å². The Labute approximate surface area is 90.6 Å². The van der Waals surface area contributed by atoms with Crippen molar-refractivity contribution < 1.29 is 4.57 Å². The van der Waals surface area contributed by atoms with E-state index in [1.165, 1.54) is 5.57 Å². The van der Waals surface area contributed by atoms with Crippen molar-refractivity contribution in [2.45, 2.75) is 25.9 Å². The van der Waals surface area contributed by atoms with Crippen LogP contribution in [0.15, 0.2) is 41.7 Å². The Morgan fingerprint density at radius 1 is 1.33 bits per heavy atom. The molecule has 1 aliphatic carbocycles. The van der Waals surface area contributed by atoms with Crippen molar-refractivity contribution in [2.75, 3.05) is 0 Å². The molecule has 1 aromatic carbocycles. The largest absolute Gasteiger partial charge is 0.314 e. The van der Waals surface area contributed by atoms with E-state index in [0.29, 0.717) is 5.66 Å². The molecule has 0 saturated heterocycles. The van der Waals surface area contributed by atoms with E-state index in [1.54, 1.807) is 0 Å². The summed E-state index contributed by atoms with van der Waals surface area (Å²) in [5.41, 5.74) is 1.98. The summed E-state index contributed by atoms with van der Waals surface area (Å²) >= 11 is 0. The van der Waals surface area contributed by atoms with Crippen LogP contribution in [-0.4, -0.2) is 5.66 Å². The van der Waals surface area contributed by atoms with Gasteiger partial charge in [0.15, 0.2) is 0 Å². The number of hydrogen-bond acceptors (Lipinski definition) is 1. The summed E-state index contributed by atoms with van der Waals surface area (Å²) in [7, 11) is -2.22. The number of allylic oxidation sites excluding steroid dienone is 1. The van der Waals surface area contributed by atoms with Crippen molar-refractivity contribution >= 4 is 12.4 Å². The molecule has 3 rings (SSSR count).